The summed E-state index contributed by atoms with van der Waals surface area (Å²) in [4.78, 5) is 14.5. The van der Waals surface area contributed by atoms with Crippen LogP contribution in [0.4, 0.5) is 0 Å². The van der Waals surface area contributed by atoms with Gasteiger partial charge in [-0.3, -0.25) is 9.69 Å². The van der Waals surface area contributed by atoms with Crippen LogP contribution in [-0.4, -0.2) is 41.1 Å². The van der Waals surface area contributed by atoms with Gasteiger partial charge >= 0.3 is 0 Å². The van der Waals surface area contributed by atoms with E-state index in [0.717, 1.165) is 16.6 Å². The second kappa shape index (κ2) is 9.31. The quantitative estimate of drug-likeness (QED) is 0.728. The summed E-state index contributed by atoms with van der Waals surface area (Å²) in [5.74, 6) is 0.0572. The fraction of sp³-hybridized carbons (Fsp3) is 0.381. The number of nitrogens with one attached hydrogen (secondary N) is 1. The van der Waals surface area contributed by atoms with E-state index in [2.05, 4.69) is 38.3 Å². The third-order valence-corrected chi connectivity index (χ3v) is 5.62. The summed E-state index contributed by atoms with van der Waals surface area (Å²) in [6.45, 7) is 2.04. The monoisotopic (exact) mass is 416 g/mol. The van der Waals surface area contributed by atoms with Crippen molar-refractivity contribution in [2.45, 2.75) is 38.0 Å². The van der Waals surface area contributed by atoms with E-state index >= 15 is 0 Å². The Kier molecular flexibility index (Phi) is 6.83. The Balaban J connectivity index is 1.47. The van der Waals surface area contributed by atoms with E-state index in [-0.39, 0.29) is 18.1 Å². The molecule has 0 aromatic heterocycles. The van der Waals surface area contributed by atoms with Crippen LogP contribution in [0.15, 0.2) is 59.1 Å². The molecule has 4 nitrogen and oxygen atoms in total. The number of carbonyl (C=O) groups is 1. The second-order valence-electron chi connectivity index (χ2n) is 6.85. The van der Waals surface area contributed by atoms with Gasteiger partial charge in [0.25, 0.3) is 0 Å². The van der Waals surface area contributed by atoms with Gasteiger partial charge in [-0.25, -0.2) is 0 Å². The van der Waals surface area contributed by atoms with Crippen LogP contribution in [0, 0.1) is 0 Å². The SMILES string of the molecule is O=C(CCc1ccccc1Br)NC[C@H]1C[C@H](O)CN1Cc1ccccc1. The summed E-state index contributed by atoms with van der Waals surface area (Å²) >= 11 is 3.52. The van der Waals surface area contributed by atoms with Crippen LogP contribution in [0.1, 0.15) is 24.0 Å². The number of hydrogen-bond acceptors (Lipinski definition) is 3. The zero-order valence-electron chi connectivity index (χ0n) is 14.8. The first-order valence-corrected chi connectivity index (χ1v) is 9.87. The molecule has 1 amide bonds. The van der Waals surface area contributed by atoms with Crippen molar-refractivity contribution in [3.63, 3.8) is 0 Å². The van der Waals surface area contributed by atoms with E-state index in [1.54, 1.807) is 0 Å². The number of carbonyl (C=O) groups excluding carboxylic acids is 1. The summed E-state index contributed by atoms with van der Waals surface area (Å²) in [6.07, 6.45) is 1.57. The minimum absolute atomic E-state index is 0.0572. The summed E-state index contributed by atoms with van der Waals surface area (Å²) in [6, 6.07) is 18.4. The zero-order chi connectivity index (χ0) is 18.4. The highest BCUT2D eigenvalue weighted by molar-refractivity contribution is 9.10. The number of aryl methyl sites for hydroxylation is 1. The van der Waals surface area contributed by atoms with Crippen molar-refractivity contribution in [3.05, 3.63) is 70.2 Å². The molecular weight excluding hydrogens is 392 g/mol. The van der Waals surface area contributed by atoms with E-state index in [0.29, 0.717) is 32.4 Å². The highest BCUT2D eigenvalue weighted by Crippen LogP contribution is 2.20. The van der Waals surface area contributed by atoms with Crippen LogP contribution in [0.3, 0.4) is 0 Å². The fourth-order valence-electron chi connectivity index (χ4n) is 3.45. The van der Waals surface area contributed by atoms with Gasteiger partial charge < -0.3 is 10.4 Å². The van der Waals surface area contributed by atoms with Crippen molar-refractivity contribution in [1.82, 2.24) is 10.2 Å². The van der Waals surface area contributed by atoms with Crippen molar-refractivity contribution in [1.29, 1.82) is 0 Å². The van der Waals surface area contributed by atoms with Crippen LogP contribution < -0.4 is 5.32 Å². The Morgan fingerprint density at radius 1 is 1.15 bits per heavy atom. The van der Waals surface area contributed by atoms with Gasteiger partial charge in [-0.15, -0.1) is 0 Å². The largest absolute Gasteiger partial charge is 0.392 e. The number of nitrogens with zero attached hydrogens (tertiary/aromatic N) is 1. The number of benzene rings is 2. The zero-order valence-corrected chi connectivity index (χ0v) is 16.4. The van der Waals surface area contributed by atoms with E-state index in [1.165, 1.54) is 5.56 Å². The van der Waals surface area contributed by atoms with Crippen molar-refractivity contribution >= 4 is 21.8 Å². The standard InChI is InChI=1S/C21H25BrN2O2/c22-20-9-5-4-8-17(20)10-11-21(26)23-13-18-12-19(25)15-24(18)14-16-6-2-1-3-7-16/h1-9,18-19,25H,10-15H2,(H,23,26)/t18-,19+/m1/s1. The van der Waals surface area contributed by atoms with Crippen molar-refractivity contribution in [3.8, 4) is 0 Å². The number of hydrogen-bond donors (Lipinski definition) is 2. The molecule has 0 radical (unpaired) electrons. The van der Waals surface area contributed by atoms with E-state index in [1.807, 2.05) is 42.5 Å². The topological polar surface area (TPSA) is 52.6 Å². The minimum Gasteiger partial charge on any atom is -0.392 e. The average molecular weight is 417 g/mol. The first-order chi connectivity index (χ1) is 12.6. The molecule has 0 unspecified atom stereocenters. The molecule has 138 valence electrons. The summed E-state index contributed by atoms with van der Waals surface area (Å²) in [5.41, 5.74) is 2.37. The van der Waals surface area contributed by atoms with Crippen molar-refractivity contribution in [2.24, 2.45) is 0 Å². The maximum atomic E-state index is 12.2. The molecule has 2 aromatic carbocycles. The number of likely N-dealkylation sites (tertiary alicyclic amines) is 1. The van der Waals surface area contributed by atoms with Gasteiger partial charge in [0.1, 0.15) is 0 Å². The Bertz CT molecular complexity index is 723. The van der Waals surface area contributed by atoms with Gasteiger partial charge in [0.05, 0.1) is 6.10 Å². The third kappa shape index (κ3) is 5.40. The van der Waals surface area contributed by atoms with Gasteiger partial charge in [-0.05, 0) is 30.0 Å². The number of rotatable bonds is 7. The molecule has 2 atom stereocenters. The highest BCUT2D eigenvalue weighted by Gasteiger charge is 2.30. The van der Waals surface area contributed by atoms with Crippen molar-refractivity contribution in [2.75, 3.05) is 13.1 Å². The lowest BCUT2D eigenvalue weighted by Crippen LogP contribution is -2.39. The van der Waals surface area contributed by atoms with Crippen LogP contribution in [-0.2, 0) is 17.8 Å². The van der Waals surface area contributed by atoms with E-state index < -0.39 is 0 Å². The highest BCUT2D eigenvalue weighted by atomic mass is 79.9. The van der Waals surface area contributed by atoms with Crippen LogP contribution >= 0.6 is 15.9 Å². The second-order valence-corrected chi connectivity index (χ2v) is 7.71. The predicted molar refractivity (Wildman–Crippen MR) is 107 cm³/mol. The maximum Gasteiger partial charge on any atom is 0.220 e. The number of halogens is 1. The molecule has 5 heteroatoms. The summed E-state index contributed by atoms with van der Waals surface area (Å²) in [7, 11) is 0. The molecule has 0 bridgehead atoms. The Morgan fingerprint density at radius 3 is 2.65 bits per heavy atom. The minimum atomic E-state index is -0.319. The van der Waals surface area contributed by atoms with Gasteiger partial charge in [0.15, 0.2) is 0 Å². The molecule has 1 heterocycles. The molecule has 1 aliphatic rings. The molecule has 3 rings (SSSR count). The van der Waals surface area contributed by atoms with Gasteiger partial charge in [-0.1, -0.05) is 64.5 Å². The van der Waals surface area contributed by atoms with Crippen molar-refractivity contribution < 1.29 is 9.90 Å². The fourth-order valence-corrected chi connectivity index (χ4v) is 3.93. The lowest BCUT2D eigenvalue weighted by atomic mass is 10.1. The summed E-state index contributed by atoms with van der Waals surface area (Å²) < 4.78 is 1.04. The van der Waals surface area contributed by atoms with Gasteiger partial charge in [0.2, 0.25) is 5.91 Å². The van der Waals surface area contributed by atoms with Crippen LogP contribution in [0.25, 0.3) is 0 Å². The third-order valence-electron chi connectivity index (χ3n) is 4.85. The maximum absolute atomic E-state index is 12.2. The van der Waals surface area contributed by atoms with Gasteiger partial charge in [-0.2, -0.15) is 0 Å². The molecule has 26 heavy (non-hydrogen) atoms. The molecule has 1 fully saturated rings. The van der Waals surface area contributed by atoms with Crippen LogP contribution in [0.2, 0.25) is 0 Å². The Morgan fingerprint density at radius 2 is 1.88 bits per heavy atom. The van der Waals surface area contributed by atoms with Gasteiger partial charge in [0, 0.05) is 36.6 Å². The average Bonchev–Trinajstić information content (AvgIpc) is 2.99. The molecule has 2 aromatic rings. The first kappa shape index (κ1) is 19.1. The van der Waals surface area contributed by atoms with Crippen LogP contribution in [0.5, 0.6) is 0 Å². The van der Waals surface area contributed by atoms with E-state index in [9.17, 15) is 9.90 Å². The molecule has 2 N–H and O–H groups in total. The first-order valence-electron chi connectivity index (χ1n) is 9.08. The predicted octanol–water partition coefficient (Wildman–Crippen LogP) is 3.13. The molecule has 1 saturated heterocycles. The number of β-amino-alcohol motifs (C(OH)–C–C–N with tert-alkyl or cyclic N) is 1. The Labute approximate surface area is 163 Å². The normalized spacial score (nSPS) is 20.2. The van der Waals surface area contributed by atoms with E-state index in [4.69, 9.17) is 0 Å². The number of aliphatic hydroxyl groups is 1. The Hall–Kier alpha value is -1.69. The molecule has 0 aliphatic carbocycles. The summed E-state index contributed by atoms with van der Waals surface area (Å²) in [5, 5.41) is 13.1. The molecule has 0 spiro atoms. The number of aliphatic hydroxyl groups excluding tert-OH is 1. The molecule has 0 saturated carbocycles. The molecule has 1 aliphatic heterocycles. The lowest BCUT2D eigenvalue weighted by Gasteiger charge is -2.24. The lowest BCUT2D eigenvalue weighted by molar-refractivity contribution is -0.121. The number of amides is 1. The smallest absolute Gasteiger partial charge is 0.220 e. The molecular formula is C21H25BrN2O2.